The predicted molar refractivity (Wildman–Crippen MR) is 113 cm³/mol. The van der Waals surface area contributed by atoms with Gasteiger partial charge >= 0.3 is 0 Å². The maximum atomic E-state index is 13.0. The van der Waals surface area contributed by atoms with Crippen LogP contribution in [-0.2, 0) is 16.1 Å². The number of non-ortho nitro benzene ring substituents is 1. The van der Waals surface area contributed by atoms with Gasteiger partial charge in [0.05, 0.1) is 36.5 Å². The highest BCUT2D eigenvalue weighted by molar-refractivity contribution is 6.46. The maximum absolute atomic E-state index is 13.0. The Morgan fingerprint density at radius 2 is 1.91 bits per heavy atom. The summed E-state index contributed by atoms with van der Waals surface area (Å²) < 4.78 is 10.4. The third-order valence-electron chi connectivity index (χ3n) is 5.21. The Morgan fingerprint density at radius 1 is 1.16 bits per heavy atom. The summed E-state index contributed by atoms with van der Waals surface area (Å²) in [5, 5.41) is 22.3. The van der Waals surface area contributed by atoms with Crippen molar-refractivity contribution in [3.8, 4) is 5.75 Å². The van der Waals surface area contributed by atoms with Gasteiger partial charge in [0.15, 0.2) is 0 Å². The van der Waals surface area contributed by atoms with Crippen LogP contribution in [0.15, 0.2) is 76.9 Å². The molecule has 1 aliphatic heterocycles. The highest BCUT2D eigenvalue weighted by atomic mass is 16.6. The zero-order valence-electron chi connectivity index (χ0n) is 16.9. The molecule has 0 bridgehead atoms. The smallest absolute Gasteiger partial charge is 0.296 e. The van der Waals surface area contributed by atoms with Crippen LogP contribution < -0.4 is 4.74 Å². The van der Waals surface area contributed by atoms with E-state index in [1.165, 1.54) is 36.5 Å². The fourth-order valence-electron chi connectivity index (χ4n) is 3.67. The molecule has 0 unspecified atom stereocenters. The molecule has 0 aliphatic carbocycles. The lowest BCUT2D eigenvalue weighted by molar-refractivity contribution is -0.384. The van der Waals surface area contributed by atoms with Crippen LogP contribution >= 0.6 is 0 Å². The number of ether oxygens (including phenoxy) is 1. The van der Waals surface area contributed by atoms with Crippen LogP contribution in [0.5, 0.6) is 5.75 Å². The van der Waals surface area contributed by atoms with E-state index in [1.54, 1.807) is 42.5 Å². The molecule has 0 spiro atoms. The van der Waals surface area contributed by atoms with Gasteiger partial charge in [-0.15, -0.1) is 0 Å². The molecule has 1 N–H and O–H groups in total. The van der Waals surface area contributed by atoms with Crippen LogP contribution in [0.25, 0.3) is 5.76 Å². The number of benzene rings is 2. The molecule has 2 heterocycles. The summed E-state index contributed by atoms with van der Waals surface area (Å²) in [6.45, 7) is -0.0513. The van der Waals surface area contributed by atoms with Crippen molar-refractivity contribution in [3.05, 3.63) is 99.5 Å². The maximum Gasteiger partial charge on any atom is 0.296 e. The lowest BCUT2D eigenvalue weighted by Crippen LogP contribution is -2.29. The van der Waals surface area contributed by atoms with Gasteiger partial charge in [-0.25, -0.2) is 0 Å². The van der Waals surface area contributed by atoms with Gasteiger partial charge in [-0.2, -0.15) is 0 Å². The second-order valence-electron chi connectivity index (χ2n) is 7.09. The Kier molecular flexibility index (Phi) is 5.46. The zero-order valence-corrected chi connectivity index (χ0v) is 16.9. The SMILES string of the molecule is COc1ccc(/C(O)=C2\C(=O)C(=O)N(Cc3ccco3)[C@H]2c2cccc([N+](=O)[O-])c2)cc1. The van der Waals surface area contributed by atoms with Crippen molar-refractivity contribution in [3.63, 3.8) is 0 Å². The summed E-state index contributed by atoms with van der Waals surface area (Å²) in [4.78, 5) is 37.9. The van der Waals surface area contributed by atoms with Crippen molar-refractivity contribution in [1.29, 1.82) is 0 Å². The molecule has 4 rings (SSSR count). The minimum Gasteiger partial charge on any atom is -0.507 e. The number of Topliss-reactive ketones (excluding diaryl/α,β-unsaturated/α-hetero) is 1. The first-order chi connectivity index (χ1) is 15.4. The van der Waals surface area contributed by atoms with Gasteiger partial charge in [-0.3, -0.25) is 19.7 Å². The zero-order chi connectivity index (χ0) is 22.8. The van der Waals surface area contributed by atoms with E-state index in [2.05, 4.69) is 0 Å². The van der Waals surface area contributed by atoms with Gasteiger partial charge in [0.25, 0.3) is 17.4 Å². The van der Waals surface area contributed by atoms with E-state index in [1.807, 2.05) is 0 Å². The van der Waals surface area contributed by atoms with E-state index in [4.69, 9.17) is 9.15 Å². The number of likely N-dealkylation sites (tertiary alicyclic amines) is 1. The highest BCUT2D eigenvalue weighted by Gasteiger charge is 2.46. The van der Waals surface area contributed by atoms with Gasteiger partial charge < -0.3 is 19.2 Å². The second-order valence-corrected chi connectivity index (χ2v) is 7.09. The number of nitro groups is 1. The molecule has 162 valence electrons. The average molecular weight is 434 g/mol. The number of ketones is 1. The summed E-state index contributed by atoms with van der Waals surface area (Å²) in [5.74, 6) is -1.14. The minimum absolute atomic E-state index is 0.0513. The quantitative estimate of drug-likeness (QED) is 0.206. The Balaban J connectivity index is 1.87. The molecule has 1 aromatic heterocycles. The molecular weight excluding hydrogens is 416 g/mol. The molecule has 9 heteroatoms. The van der Waals surface area contributed by atoms with Crippen LogP contribution in [0.2, 0.25) is 0 Å². The average Bonchev–Trinajstić information content (AvgIpc) is 3.41. The van der Waals surface area contributed by atoms with Crippen LogP contribution in [0.4, 0.5) is 5.69 Å². The molecule has 1 fully saturated rings. The molecule has 1 amide bonds. The lowest BCUT2D eigenvalue weighted by atomic mass is 9.95. The van der Waals surface area contributed by atoms with E-state index in [-0.39, 0.29) is 23.6 Å². The van der Waals surface area contributed by atoms with Gasteiger partial charge in [-0.1, -0.05) is 12.1 Å². The topological polar surface area (TPSA) is 123 Å². The Hall–Kier alpha value is -4.40. The molecule has 9 nitrogen and oxygen atoms in total. The number of hydrogen-bond donors (Lipinski definition) is 1. The van der Waals surface area contributed by atoms with Crippen molar-refractivity contribution >= 4 is 23.1 Å². The van der Waals surface area contributed by atoms with E-state index in [0.29, 0.717) is 22.6 Å². The van der Waals surface area contributed by atoms with Crippen molar-refractivity contribution in [2.24, 2.45) is 0 Å². The van der Waals surface area contributed by atoms with Crippen molar-refractivity contribution in [2.45, 2.75) is 12.6 Å². The summed E-state index contributed by atoms with van der Waals surface area (Å²) in [6, 6.07) is 14.2. The monoisotopic (exact) mass is 434 g/mol. The Bertz CT molecular complexity index is 1210. The number of methoxy groups -OCH3 is 1. The molecule has 1 aliphatic rings. The third-order valence-corrected chi connectivity index (χ3v) is 5.21. The largest absolute Gasteiger partial charge is 0.507 e. The lowest BCUT2D eigenvalue weighted by Gasteiger charge is -2.24. The molecule has 32 heavy (non-hydrogen) atoms. The minimum atomic E-state index is -1.04. The third kappa shape index (κ3) is 3.71. The second kappa shape index (κ2) is 8.38. The van der Waals surface area contributed by atoms with Crippen molar-refractivity contribution < 1.29 is 28.8 Å². The number of amides is 1. The summed E-state index contributed by atoms with van der Waals surface area (Å²) in [5.41, 5.74) is 0.264. The van der Waals surface area contributed by atoms with Crippen LogP contribution in [0, 0.1) is 10.1 Å². The molecule has 0 radical (unpaired) electrons. The van der Waals surface area contributed by atoms with Crippen LogP contribution in [0.1, 0.15) is 22.9 Å². The molecule has 3 aromatic rings. The van der Waals surface area contributed by atoms with Gasteiger partial charge in [0.1, 0.15) is 17.3 Å². The summed E-state index contributed by atoms with van der Waals surface area (Å²) >= 11 is 0. The number of nitrogens with zero attached hydrogens (tertiary/aromatic N) is 2. The standard InChI is InChI=1S/C23H18N2O7/c1-31-17-9-7-14(8-10-17)21(26)19-20(15-4-2-5-16(12-15)25(29)30)24(23(28)22(19)27)13-18-6-3-11-32-18/h2-12,20,26H,13H2,1H3/b21-19+/t20-/m0/s1. The summed E-state index contributed by atoms with van der Waals surface area (Å²) in [6.07, 6.45) is 1.44. The van der Waals surface area contributed by atoms with Crippen molar-refractivity contribution in [1.82, 2.24) is 4.90 Å². The highest BCUT2D eigenvalue weighted by Crippen LogP contribution is 2.41. The van der Waals surface area contributed by atoms with Gasteiger partial charge in [-0.05, 0) is 42.0 Å². The molecular formula is C23H18N2O7. The number of aliphatic hydroxyl groups excluding tert-OH is 1. The number of hydrogen-bond acceptors (Lipinski definition) is 7. The first-order valence-electron chi connectivity index (χ1n) is 9.60. The van der Waals surface area contributed by atoms with Gasteiger partial charge in [0.2, 0.25) is 0 Å². The number of aliphatic hydroxyl groups is 1. The summed E-state index contributed by atoms with van der Waals surface area (Å²) in [7, 11) is 1.50. The van der Waals surface area contributed by atoms with Crippen LogP contribution in [-0.4, -0.2) is 33.7 Å². The fourth-order valence-corrected chi connectivity index (χ4v) is 3.67. The normalized spacial score (nSPS) is 17.5. The molecule has 1 saturated heterocycles. The Morgan fingerprint density at radius 3 is 2.53 bits per heavy atom. The fraction of sp³-hybridized carbons (Fsp3) is 0.130. The van der Waals surface area contributed by atoms with Crippen LogP contribution in [0.3, 0.4) is 0 Å². The van der Waals surface area contributed by atoms with E-state index in [0.717, 1.165) is 0 Å². The molecule has 1 atom stereocenters. The van der Waals surface area contributed by atoms with Crippen molar-refractivity contribution in [2.75, 3.05) is 7.11 Å². The first-order valence-corrected chi connectivity index (χ1v) is 9.60. The number of rotatable bonds is 6. The molecule has 0 saturated carbocycles. The number of carbonyl (C=O) groups excluding carboxylic acids is 2. The molecule has 2 aromatic carbocycles. The Labute approximate surface area is 182 Å². The van der Waals surface area contributed by atoms with E-state index >= 15 is 0 Å². The number of nitro benzene ring substituents is 1. The van der Waals surface area contributed by atoms with E-state index < -0.39 is 22.7 Å². The first kappa shape index (κ1) is 20.9. The van der Waals surface area contributed by atoms with Gasteiger partial charge in [0, 0.05) is 17.7 Å². The number of carbonyl (C=O) groups is 2. The van der Waals surface area contributed by atoms with E-state index in [9.17, 15) is 24.8 Å². The predicted octanol–water partition coefficient (Wildman–Crippen LogP) is 3.82. The number of furan rings is 1.